The lowest BCUT2D eigenvalue weighted by Gasteiger charge is -2.12. The molecular formula is C14H14ClN3O3S. The highest BCUT2D eigenvalue weighted by Crippen LogP contribution is 2.26. The average molecular weight is 340 g/mol. The number of anilines is 1. The van der Waals surface area contributed by atoms with E-state index in [4.69, 9.17) is 21.1 Å². The van der Waals surface area contributed by atoms with Gasteiger partial charge < -0.3 is 14.8 Å². The van der Waals surface area contributed by atoms with E-state index < -0.39 is 0 Å². The SMILES string of the molecule is Cc1cc(NC(=O)c2cnc(OC3CCOC3)c(Cl)c2)sn1. The summed E-state index contributed by atoms with van der Waals surface area (Å²) < 4.78 is 15.0. The fraction of sp³-hybridized carbons (Fsp3) is 0.357. The van der Waals surface area contributed by atoms with Gasteiger partial charge >= 0.3 is 0 Å². The maximum atomic E-state index is 12.1. The van der Waals surface area contributed by atoms with Crippen LogP contribution in [0.15, 0.2) is 18.3 Å². The Morgan fingerprint density at radius 2 is 2.41 bits per heavy atom. The minimum Gasteiger partial charge on any atom is -0.471 e. The second-order valence-electron chi connectivity index (χ2n) is 4.90. The first kappa shape index (κ1) is 15.2. The maximum Gasteiger partial charge on any atom is 0.257 e. The van der Waals surface area contributed by atoms with Gasteiger partial charge in [0.1, 0.15) is 16.1 Å². The molecule has 1 atom stereocenters. The molecule has 3 rings (SSSR count). The fourth-order valence-electron chi connectivity index (χ4n) is 2.01. The molecular weight excluding hydrogens is 326 g/mol. The second kappa shape index (κ2) is 6.60. The third-order valence-corrected chi connectivity index (χ3v) is 4.17. The van der Waals surface area contributed by atoms with Crippen LogP contribution in [0.25, 0.3) is 0 Å². The molecule has 1 unspecified atom stereocenters. The first-order chi connectivity index (χ1) is 10.6. The number of amides is 1. The van der Waals surface area contributed by atoms with E-state index in [0.717, 1.165) is 12.1 Å². The van der Waals surface area contributed by atoms with E-state index in [1.165, 1.54) is 17.7 Å². The van der Waals surface area contributed by atoms with E-state index in [1.807, 2.05) is 6.92 Å². The number of halogens is 1. The number of nitrogens with zero attached hydrogens (tertiary/aromatic N) is 2. The summed E-state index contributed by atoms with van der Waals surface area (Å²) in [4.78, 5) is 16.3. The molecule has 1 aliphatic heterocycles. The molecule has 116 valence electrons. The van der Waals surface area contributed by atoms with Gasteiger partial charge in [0.15, 0.2) is 0 Å². The van der Waals surface area contributed by atoms with Crippen LogP contribution < -0.4 is 10.1 Å². The number of carbonyl (C=O) groups is 1. The molecule has 1 amide bonds. The number of ether oxygens (including phenoxy) is 2. The lowest BCUT2D eigenvalue weighted by molar-refractivity contribution is 0.102. The van der Waals surface area contributed by atoms with E-state index >= 15 is 0 Å². The summed E-state index contributed by atoms with van der Waals surface area (Å²) in [6.07, 6.45) is 2.22. The van der Waals surface area contributed by atoms with Gasteiger partial charge in [-0.25, -0.2) is 4.98 Å². The Morgan fingerprint density at radius 3 is 3.05 bits per heavy atom. The van der Waals surface area contributed by atoms with Crippen LogP contribution in [0.4, 0.5) is 5.00 Å². The van der Waals surface area contributed by atoms with E-state index in [2.05, 4.69) is 14.7 Å². The molecule has 0 bridgehead atoms. The largest absolute Gasteiger partial charge is 0.471 e. The topological polar surface area (TPSA) is 73.3 Å². The lowest BCUT2D eigenvalue weighted by Crippen LogP contribution is -2.17. The third kappa shape index (κ3) is 3.55. The minimum atomic E-state index is -0.284. The summed E-state index contributed by atoms with van der Waals surface area (Å²) in [7, 11) is 0. The number of nitrogens with one attached hydrogen (secondary N) is 1. The van der Waals surface area contributed by atoms with Gasteiger partial charge in [0, 0.05) is 12.6 Å². The standard InChI is InChI=1S/C14H14ClN3O3S/c1-8-4-12(22-18-8)17-13(19)9-5-11(15)14(16-6-9)21-10-2-3-20-7-10/h4-6,10H,2-3,7H2,1H3,(H,17,19). The summed E-state index contributed by atoms with van der Waals surface area (Å²) in [5.74, 6) is 0.0381. The number of carbonyl (C=O) groups excluding carboxylic acids is 1. The van der Waals surface area contributed by atoms with Crippen molar-refractivity contribution in [1.82, 2.24) is 9.36 Å². The summed E-state index contributed by atoms with van der Waals surface area (Å²) in [5, 5.41) is 3.74. The van der Waals surface area contributed by atoms with Crippen molar-refractivity contribution in [3.05, 3.63) is 34.6 Å². The van der Waals surface area contributed by atoms with Crippen molar-refractivity contribution in [1.29, 1.82) is 0 Å². The van der Waals surface area contributed by atoms with Crippen LogP contribution in [-0.4, -0.2) is 34.6 Å². The monoisotopic (exact) mass is 339 g/mol. The molecule has 6 nitrogen and oxygen atoms in total. The highest BCUT2D eigenvalue weighted by atomic mass is 35.5. The number of aryl methyl sites for hydroxylation is 1. The van der Waals surface area contributed by atoms with E-state index in [9.17, 15) is 4.79 Å². The van der Waals surface area contributed by atoms with E-state index in [0.29, 0.717) is 34.7 Å². The van der Waals surface area contributed by atoms with Crippen molar-refractivity contribution in [3.63, 3.8) is 0 Å². The molecule has 1 N–H and O–H groups in total. The lowest BCUT2D eigenvalue weighted by atomic mass is 10.2. The Labute approximate surface area is 136 Å². The predicted octanol–water partition coefficient (Wildman–Crippen LogP) is 2.92. The molecule has 8 heteroatoms. The zero-order valence-corrected chi connectivity index (χ0v) is 13.4. The zero-order valence-electron chi connectivity index (χ0n) is 11.8. The van der Waals surface area contributed by atoms with Gasteiger partial charge in [-0.15, -0.1) is 0 Å². The van der Waals surface area contributed by atoms with Crippen LogP contribution in [0.5, 0.6) is 5.88 Å². The summed E-state index contributed by atoms with van der Waals surface area (Å²) in [5.41, 5.74) is 1.23. The quantitative estimate of drug-likeness (QED) is 0.927. The molecule has 0 saturated carbocycles. The number of rotatable bonds is 4. The average Bonchev–Trinajstić information content (AvgIpc) is 3.13. The highest BCUT2D eigenvalue weighted by molar-refractivity contribution is 7.10. The van der Waals surface area contributed by atoms with Gasteiger partial charge in [-0.05, 0) is 30.6 Å². The van der Waals surface area contributed by atoms with Crippen molar-refractivity contribution >= 4 is 34.0 Å². The maximum absolute atomic E-state index is 12.1. The number of hydrogen-bond donors (Lipinski definition) is 1. The van der Waals surface area contributed by atoms with Crippen molar-refractivity contribution in [2.75, 3.05) is 18.5 Å². The predicted molar refractivity (Wildman–Crippen MR) is 83.9 cm³/mol. The summed E-state index contributed by atoms with van der Waals surface area (Å²) in [6.45, 7) is 3.07. The minimum absolute atomic E-state index is 0.0372. The molecule has 2 aromatic rings. The molecule has 3 heterocycles. The first-order valence-corrected chi connectivity index (χ1v) is 7.91. The number of pyridine rings is 1. The van der Waals surface area contributed by atoms with Crippen molar-refractivity contribution in [2.45, 2.75) is 19.4 Å². The number of hydrogen-bond acceptors (Lipinski definition) is 6. The highest BCUT2D eigenvalue weighted by Gasteiger charge is 2.20. The molecule has 1 aliphatic rings. The summed E-state index contributed by atoms with van der Waals surface area (Å²) >= 11 is 7.37. The van der Waals surface area contributed by atoms with Crippen LogP contribution >= 0.6 is 23.1 Å². The van der Waals surface area contributed by atoms with Gasteiger partial charge in [-0.3, -0.25) is 4.79 Å². The fourth-order valence-corrected chi connectivity index (χ4v) is 2.87. The Bertz CT molecular complexity index is 686. The van der Waals surface area contributed by atoms with Gasteiger partial charge in [-0.1, -0.05) is 11.6 Å². The third-order valence-electron chi connectivity index (χ3n) is 3.10. The van der Waals surface area contributed by atoms with E-state index in [-0.39, 0.29) is 12.0 Å². The molecule has 0 spiro atoms. The Kier molecular flexibility index (Phi) is 4.56. The van der Waals surface area contributed by atoms with Crippen LogP contribution in [0.1, 0.15) is 22.5 Å². The molecule has 2 aromatic heterocycles. The van der Waals surface area contributed by atoms with Crippen molar-refractivity contribution in [2.24, 2.45) is 0 Å². The summed E-state index contributed by atoms with van der Waals surface area (Å²) in [6, 6.07) is 3.35. The Hall–Kier alpha value is -1.70. The van der Waals surface area contributed by atoms with Gasteiger partial charge in [-0.2, -0.15) is 4.37 Å². The molecule has 0 aliphatic carbocycles. The van der Waals surface area contributed by atoms with Crippen molar-refractivity contribution < 1.29 is 14.3 Å². The Balaban J connectivity index is 1.69. The molecule has 0 aromatic carbocycles. The van der Waals surface area contributed by atoms with Crippen LogP contribution in [0.2, 0.25) is 5.02 Å². The van der Waals surface area contributed by atoms with Crippen molar-refractivity contribution in [3.8, 4) is 5.88 Å². The van der Waals surface area contributed by atoms with E-state index in [1.54, 1.807) is 12.1 Å². The Morgan fingerprint density at radius 1 is 1.55 bits per heavy atom. The molecule has 0 radical (unpaired) electrons. The first-order valence-electron chi connectivity index (χ1n) is 6.76. The van der Waals surface area contributed by atoms with Gasteiger partial charge in [0.2, 0.25) is 5.88 Å². The molecule has 22 heavy (non-hydrogen) atoms. The van der Waals surface area contributed by atoms with Gasteiger partial charge in [0.05, 0.1) is 24.5 Å². The van der Waals surface area contributed by atoms with Gasteiger partial charge in [0.25, 0.3) is 5.91 Å². The van der Waals surface area contributed by atoms with Crippen LogP contribution in [-0.2, 0) is 4.74 Å². The normalized spacial score (nSPS) is 17.5. The van der Waals surface area contributed by atoms with Crippen LogP contribution in [0.3, 0.4) is 0 Å². The number of aromatic nitrogens is 2. The molecule has 1 saturated heterocycles. The zero-order chi connectivity index (χ0) is 15.5. The molecule has 1 fully saturated rings. The smallest absolute Gasteiger partial charge is 0.257 e. The van der Waals surface area contributed by atoms with Crippen LogP contribution in [0, 0.1) is 6.92 Å². The second-order valence-corrected chi connectivity index (χ2v) is 6.11.